The van der Waals surface area contributed by atoms with Gasteiger partial charge in [-0.05, 0) is 63.2 Å². The molecule has 0 bridgehead atoms. The Hall–Kier alpha value is -2.86. The molecular weight excluding hydrogens is 362 g/mol. The maximum Gasteiger partial charge on any atom is 0.249 e. The number of primary amides is 1. The highest BCUT2D eigenvalue weighted by Gasteiger charge is 2.18. The SMILES string of the molecule is Cc1cn(C(C)C)c2cc(-c3ccc(N4CCN(C)CC4)nc3)cc(C(N)=O)c12. The molecule has 0 radical (unpaired) electrons. The predicted molar refractivity (Wildman–Crippen MR) is 119 cm³/mol. The highest BCUT2D eigenvalue weighted by Crippen LogP contribution is 2.33. The molecule has 0 spiro atoms. The summed E-state index contributed by atoms with van der Waals surface area (Å²) in [4.78, 5) is 21.6. The van der Waals surface area contributed by atoms with E-state index >= 15 is 0 Å². The number of nitrogens with two attached hydrogens (primary N) is 1. The zero-order valence-electron chi connectivity index (χ0n) is 17.6. The number of amides is 1. The smallest absolute Gasteiger partial charge is 0.249 e. The van der Waals surface area contributed by atoms with E-state index in [-0.39, 0.29) is 0 Å². The minimum atomic E-state index is -0.400. The third-order valence-corrected chi connectivity index (χ3v) is 5.85. The first-order chi connectivity index (χ1) is 13.8. The van der Waals surface area contributed by atoms with Crippen LogP contribution in [0.2, 0.25) is 0 Å². The van der Waals surface area contributed by atoms with E-state index in [2.05, 4.69) is 59.7 Å². The minimum Gasteiger partial charge on any atom is -0.366 e. The number of benzene rings is 1. The standard InChI is InChI=1S/C23H29N5O/c1-15(2)28-14-16(3)22-19(23(24)29)11-18(12-20(22)28)17-5-6-21(25-13-17)27-9-7-26(4)8-10-27/h5-6,11-15H,7-10H2,1-4H3,(H2,24,29). The fourth-order valence-corrected chi connectivity index (χ4v) is 4.16. The van der Waals surface area contributed by atoms with Crippen molar-refractivity contribution >= 4 is 22.6 Å². The lowest BCUT2D eigenvalue weighted by atomic mass is 9.99. The second-order valence-electron chi connectivity index (χ2n) is 8.29. The summed E-state index contributed by atoms with van der Waals surface area (Å²) in [5, 5.41) is 0.942. The molecule has 2 aromatic heterocycles. The highest BCUT2D eigenvalue weighted by atomic mass is 16.1. The second kappa shape index (κ2) is 7.52. The number of likely N-dealkylation sites (N-methyl/N-ethyl adjacent to an activating group) is 1. The van der Waals surface area contributed by atoms with Crippen molar-refractivity contribution in [3.8, 4) is 11.1 Å². The molecule has 6 heteroatoms. The van der Waals surface area contributed by atoms with Gasteiger partial charge in [0.25, 0.3) is 0 Å². The number of pyridine rings is 1. The number of nitrogens with zero attached hydrogens (tertiary/aromatic N) is 4. The summed E-state index contributed by atoms with van der Waals surface area (Å²) in [5.41, 5.74) is 10.4. The zero-order chi connectivity index (χ0) is 20.7. The summed E-state index contributed by atoms with van der Waals surface area (Å²) in [6.45, 7) is 10.4. The summed E-state index contributed by atoms with van der Waals surface area (Å²) in [6, 6.07) is 8.49. The Bertz CT molecular complexity index is 1040. The third kappa shape index (κ3) is 3.60. The number of aromatic nitrogens is 2. The van der Waals surface area contributed by atoms with Crippen LogP contribution < -0.4 is 10.6 Å². The highest BCUT2D eigenvalue weighted by molar-refractivity contribution is 6.08. The summed E-state index contributed by atoms with van der Waals surface area (Å²) < 4.78 is 2.20. The van der Waals surface area contributed by atoms with Crippen molar-refractivity contribution in [3.63, 3.8) is 0 Å². The average molecular weight is 392 g/mol. The van der Waals surface area contributed by atoms with Crippen LogP contribution in [0.15, 0.2) is 36.7 Å². The molecule has 4 rings (SSSR count). The molecule has 1 amide bonds. The van der Waals surface area contributed by atoms with Gasteiger partial charge < -0.3 is 20.1 Å². The van der Waals surface area contributed by atoms with Gasteiger partial charge in [0.05, 0.1) is 0 Å². The van der Waals surface area contributed by atoms with E-state index in [0.29, 0.717) is 11.6 Å². The van der Waals surface area contributed by atoms with Crippen molar-refractivity contribution in [1.82, 2.24) is 14.5 Å². The summed E-state index contributed by atoms with van der Waals surface area (Å²) in [5.74, 6) is 0.600. The van der Waals surface area contributed by atoms with Gasteiger partial charge in [0.15, 0.2) is 0 Å². The van der Waals surface area contributed by atoms with Crippen LogP contribution in [0.4, 0.5) is 5.82 Å². The van der Waals surface area contributed by atoms with Crippen LogP contribution in [0.3, 0.4) is 0 Å². The molecule has 1 aromatic carbocycles. The van der Waals surface area contributed by atoms with E-state index < -0.39 is 5.91 Å². The molecule has 1 aliphatic heterocycles. The van der Waals surface area contributed by atoms with Gasteiger partial charge >= 0.3 is 0 Å². The Morgan fingerprint density at radius 3 is 2.41 bits per heavy atom. The molecular formula is C23H29N5O. The van der Waals surface area contributed by atoms with Gasteiger partial charge in [-0.1, -0.05) is 0 Å². The lowest BCUT2D eigenvalue weighted by Crippen LogP contribution is -2.44. The van der Waals surface area contributed by atoms with Gasteiger partial charge in [-0.25, -0.2) is 4.98 Å². The molecule has 0 atom stereocenters. The number of anilines is 1. The molecule has 3 heterocycles. The van der Waals surface area contributed by atoms with Crippen LogP contribution in [0.1, 0.15) is 35.8 Å². The number of rotatable bonds is 4. The molecule has 1 aliphatic rings. The van der Waals surface area contributed by atoms with Crippen molar-refractivity contribution < 1.29 is 4.79 Å². The molecule has 29 heavy (non-hydrogen) atoms. The molecule has 1 fully saturated rings. The average Bonchev–Trinajstić information content (AvgIpc) is 3.05. The van der Waals surface area contributed by atoms with E-state index in [1.165, 1.54) is 0 Å². The Morgan fingerprint density at radius 2 is 1.83 bits per heavy atom. The molecule has 2 N–H and O–H groups in total. The lowest BCUT2D eigenvalue weighted by Gasteiger charge is -2.33. The third-order valence-electron chi connectivity index (χ3n) is 5.85. The Labute approximate surface area is 171 Å². The van der Waals surface area contributed by atoms with Crippen LogP contribution in [0.5, 0.6) is 0 Å². The quantitative estimate of drug-likeness (QED) is 0.740. The van der Waals surface area contributed by atoms with Crippen molar-refractivity contribution in [3.05, 3.63) is 47.8 Å². The Kier molecular flexibility index (Phi) is 5.04. The second-order valence-corrected chi connectivity index (χ2v) is 8.29. The lowest BCUT2D eigenvalue weighted by molar-refractivity contribution is 0.100. The van der Waals surface area contributed by atoms with Gasteiger partial charge in [-0.2, -0.15) is 0 Å². The number of hydrogen-bond donors (Lipinski definition) is 1. The molecule has 0 saturated carbocycles. The normalized spacial score (nSPS) is 15.4. The molecule has 152 valence electrons. The first kappa shape index (κ1) is 19.5. The van der Waals surface area contributed by atoms with E-state index in [4.69, 9.17) is 10.7 Å². The van der Waals surface area contributed by atoms with Gasteiger partial charge in [0, 0.05) is 66.6 Å². The van der Waals surface area contributed by atoms with Crippen molar-refractivity contribution in [2.75, 3.05) is 38.1 Å². The number of hydrogen-bond acceptors (Lipinski definition) is 4. The van der Waals surface area contributed by atoms with Crippen LogP contribution in [-0.2, 0) is 0 Å². The van der Waals surface area contributed by atoms with Crippen LogP contribution in [0, 0.1) is 6.92 Å². The maximum absolute atomic E-state index is 12.2. The minimum absolute atomic E-state index is 0.292. The van der Waals surface area contributed by atoms with Crippen LogP contribution >= 0.6 is 0 Å². The van der Waals surface area contributed by atoms with Crippen LogP contribution in [-0.4, -0.2) is 53.6 Å². The first-order valence-electron chi connectivity index (χ1n) is 10.2. The van der Waals surface area contributed by atoms with Crippen LogP contribution in [0.25, 0.3) is 22.0 Å². The van der Waals surface area contributed by atoms with Crippen molar-refractivity contribution in [2.24, 2.45) is 5.73 Å². The fourth-order valence-electron chi connectivity index (χ4n) is 4.16. The van der Waals surface area contributed by atoms with E-state index in [0.717, 1.165) is 59.6 Å². The van der Waals surface area contributed by atoms with Gasteiger partial charge in [-0.15, -0.1) is 0 Å². The molecule has 0 unspecified atom stereocenters. The number of piperazine rings is 1. The van der Waals surface area contributed by atoms with E-state index in [9.17, 15) is 4.79 Å². The number of fused-ring (bicyclic) bond motifs is 1. The van der Waals surface area contributed by atoms with Crippen molar-refractivity contribution in [2.45, 2.75) is 26.8 Å². The van der Waals surface area contributed by atoms with Gasteiger partial charge in [0.1, 0.15) is 5.82 Å². The molecule has 0 aliphatic carbocycles. The molecule has 3 aromatic rings. The van der Waals surface area contributed by atoms with E-state index in [1.807, 2.05) is 19.2 Å². The van der Waals surface area contributed by atoms with E-state index in [1.54, 1.807) is 0 Å². The largest absolute Gasteiger partial charge is 0.366 e. The monoisotopic (exact) mass is 391 g/mol. The Morgan fingerprint density at radius 1 is 1.10 bits per heavy atom. The maximum atomic E-state index is 12.2. The van der Waals surface area contributed by atoms with Gasteiger partial charge in [0.2, 0.25) is 5.91 Å². The molecule has 6 nitrogen and oxygen atoms in total. The zero-order valence-corrected chi connectivity index (χ0v) is 17.6. The first-order valence-corrected chi connectivity index (χ1v) is 10.2. The number of aryl methyl sites for hydroxylation is 1. The number of carbonyl (C=O) groups is 1. The van der Waals surface area contributed by atoms with Gasteiger partial charge in [-0.3, -0.25) is 4.79 Å². The fraction of sp³-hybridized carbons (Fsp3) is 0.391. The molecule has 1 saturated heterocycles. The summed E-state index contributed by atoms with van der Waals surface area (Å²) in [6.07, 6.45) is 4.00. The predicted octanol–water partition coefficient (Wildman–Crippen LogP) is 3.44. The van der Waals surface area contributed by atoms with Crippen molar-refractivity contribution in [1.29, 1.82) is 0 Å². The topological polar surface area (TPSA) is 67.4 Å². The summed E-state index contributed by atoms with van der Waals surface area (Å²) in [7, 11) is 2.15. The number of carbonyl (C=O) groups excluding carboxylic acids is 1. The summed E-state index contributed by atoms with van der Waals surface area (Å²) >= 11 is 0. The Balaban J connectivity index is 1.75.